The Hall–Kier alpha value is -1.41. The Morgan fingerprint density at radius 2 is 1.72 bits per heavy atom. The van der Waals surface area contributed by atoms with E-state index in [9.17, 15) is 0 Å². The third-order valence-corrected chi connectivity index (χ3v) is 4.39. The number of thioether (sulfide) groups is 1. The van der Waals surface area contributed by atoms with E-state index in [1.54, 1.807) is 11.8 Å². The fourth-order valence-electron chi connectivity index (χ4n) is 1.83. The topological polar surface area (TPSA) is 26.0 Å². The number of hydrogen-bond donors (Lipinski definition) is 1. The van der Waals surface area contributed by atoms with Crippen LogP contribution in [-0.4, -0.2) is 0 Å². The van der Waals surface area contributed by atoms with Gasteiger partial charge in [-0.2, -0.15) is 0 Å². The standard InChI is InChI=1S/C16H19NS/c1-11-7-8-14(9-13(11)3)10-18-15-6-4-5-12(2)16(15)17/h4-9H,10,17H2,1-3H3. The summed E-state index contributed by atoms with van der Waals surface area (Å²) < 4.78 is 0. The molecule has 2 heteroatoms. The molecule has 0 atom stereocenters. The number of para-hydroxylation sites is 1. The molecule has 2 rings (SSSR count). The van der Waals surface area contributed by atoms with E-state index < -0.39 is 0 Å². The van der Waals surface area contributed by atoms with Crippen LogP contribution in [0.5, 0.6) is 0 Å². The summed E-state index contributed by atoms with van der Waals surface area (Å²) in [5.74, 6) is 0.967. The van der Waals surface area contributed by atoms with Crippen molar-refractivity contribution < 1.29 is 0 Å². The van der Waals surface area contributed by atoms with Crippen LogP contribution in [0, 0.1) is 20.8 Å². The second kappa shape index (κ2) is 5.49. The molecule has 0 amide bonds. The molecule has 18 heavy (non-hydrogen) atoms. The van der Waals surface area contributed by atoms with E-state index in [1.165, 1.54) is 21.6 Å². The number of nitrogens with two attached hydrogens (primary N) is 1. The summed E-state index contributed by atoms with van der Waals surface area (Å²) in [4.78, 5) is 1.17. The molecule has 0 heterocycles. The third kappa shape index (κ3) is 2.88. The molecule has 2 N–H and O–H groups in total. The van der Waals surface area contributed by atoms with E-state index in [0.29, 0.717) is 0 Å². The van der Waals surface area contributed by atoms with Gasteiger partial charge < -0.3 is 5.73 Å². The van der Waals surface area contributed by atoms with Gasteiger partial charge >= 0.3 is 0 Å². The Balaban J connectivity index is 2.11. The summed E-state index contributed by atoms with van der Waals surface area (Å²) in [5, 5.41) is 0. The van der Waals surface area contributed by atoms with Crippen LogP contribution in [0.1, 0.15) is 22.3 Å². The van der Waals surface area contributed by atoms with Crippen molar-refractivity contribution in [2.45, 2.75) is 31.4 Å². The van der Waals surface area contributed by atoms with Gasteiger partial charge in [0.1, 0.15) is 0 Å². The van der Waals surface area contributed by atoms with Gasteiger partial charge in [0.2, 0.25) is 0 Å². The summed E-state index contributed by atoms with van der Waals surface area (Å²) in [7, 11) is 0. The van der Waals surface area contributed by atoms with Gasteiger partial charge in [0.15, 0.2) is 0 Å². The van der Waals surface area contributed by atoms with Crippen molar-refractivity contribution in [2.75, 3.05) is 5.73 Å². The summed E-state index contributed by atoms with van der Waals surface area (Å²) in [5.41, 5.74) is 12.2. The Bertz CT molecular complexity index is 561. The fraction of sp³-hybridized carbons (Fsp3) is 0.250. The van der Waals surface area contributed by atoms with Crippen LogP contribution in [0.2, 0.25) is 0 Å². The average molecular weight is 257 g/mol. The molecule has 0 fully saturated rings. The van der Waals surface area contributed by atoms with Crippen LogP contribution in [0.3, 0.4) is 0 Å². The van der Waals surface area contributed by atoms with Gasteiger partial charge in [-0.05, 0) is 49.1 Å². The van der Waals surface area contributed by atoms with E-state index in [2.05, 4.69) is 57.2 Å². The molecule has 0 unspecified atom stereocenters. The highest BCUT2D eigenvalue weighted by molar-refractivity contribution is 7.98. The van der Waals surface area contributed by atoms with Crippen LogP contribution >= 0.6 is 11.8 Å². The minimum absolute atomic E-state index is 0.909. The van der Waals surface area contributed by atoms with E-state index in [4.69, 9.17) is 5.73 Å². The molecule has 0 saturated carbocycles. The van der Waals surface area contributed by atoms with Gasteiger partial charge in [0.25, 0.3) is 0 Å². The zero-order valence-electron chi connectivity index (χ0n) is 11.2. The zero-order valence-corrected chi connectivity index (χ0v) is 12.0. The highest BCUT2D eigenvalue weighted by Gasteiger charge is 2.03. The predicted molar refractivity (Wildman–Crippen MR) is 81.1 cm³/mol. The third-order valence-electron chi connectivity index (χ3n) is 3.25. The van der Waals surface area contributed by atoms with E-state index in [1.807, 2.05) is 0 Å². The SMILES string of the molecule is Cc1ccc(CSc2cccc(C)c2N)cc1C. The highest BCUT2D eigenvalue weighted by atomic mass is 32.2. The maximum atomic E-state index is 6.08. The van der Waals surface area contributed by atoms with Crippen molar-refractivity contribution in [3.63, 3.8) is 0 Å². The van der Waals surface area contributed by atoms with Crippen molar-refractivity contribution in [3.05, 3.63) is 58.7 Å². The molecule has 0 aromatic heterocycles. The van der Waals surface area contributed by atoms with Crippen molar-refractivity contribution >= 4 is 17.4 Å². The zero-order chi connectivity index (χ0) is 13.1. The molecule has 0 bridgehead atoms. The lowest BCUT2D eigenvalue weighted by Gasteiger charge is -2.09. The molecule has 2 aromatic carbocycles. The quantitative estimate of drug-likeness (QED) is 0.648. The molecular formula is C16H19NS. The molecular weight excluding hydrogens is 238 g/mol. The minimum atomic E-state index is 0.909. The molecule has 0 radical (unpaired) electrons. The normalized spacial score (nSPS) is 10.6. The predicted octanol–water partition coefficient (Wildman–Crippen LogP) is 4.49. The number of hydrogen-bond acceptors (Lipinski definition) is 2. The van der Waals surface area contributed by atoms with Crippen LogP contribution in [0.15, 0.2) is 41.3 Å². The van der Waals surface area contributed by atoms with E-state index in [0.717, 1.165) is 17.0 Å². The van der Waals surface area contributed by atoms with Gasteiger partial charge in [-0.3, -0.25) is 0 Å². The fourth-order valence-corrected chi connectivity index (χ4v) is 2.83. The molecule has 1 nitrogen and oxygen atoms in total. The lowest BCUT2D eigenvalue weighted by molar-refractivity contribution is 1.28. The summed E-state index contributed by atoms with van der Waals surface area (Å²) in [6.45, 7) is 6.35. The summed E-state index contributed by atoms with van der Waals surface area (Å²) >= 11 is 1.80. The first-order valence-electron chi connectivity index (χ1n) is 6.12. The average Bonchev–Trinajstić information content (AvgIpc) is 2.35. The van der Waals surface area contributed by atoms with Crippen molar-refractivity contribution in [3.8, 4) is 0 Å². The molecule has 0 saturated heterocycles. The molecule has 2 aromatic rings. The van der Waals surface area contributed by atoms with Gasteiger partial charge in [0, 0.05) is 16.3 Å². The molecule has 0 aliphatic rings. The van der Waals surface area contributed by atoms with Gasteiger partial charge in [-0.25, -0.2) is 0 Å². The van der Waals surface area contributed by atoms with Gasteiger partial charge in [0.05, 0.1) is 0 Å². The van der Waals surface area contributed by atoms with Crippen LogP contribution in [-0.2, 0) is 5.75 Å². The van der Waals surface area contributed by atoms with Gasteiger partial charge in [-0.1, -0.05) is 30.3 Å². The number of aryl methyl sites for hydroxylation is 3. The van der Waals surface area contributed by atoms with Gasteiger partial charge in [-0.15, -0.1) is 11.8 Å². The largest absolute Gasteiger partial charge is 0.398 e. The van der Waals surface area contributed by atoms with Crippen molar-refractivity contribution in [2.24, 2.45) is 0 Å². The van der Waals surface area contributed by atoms with Crippen LogP contribution in [0.4, 0.5) is 5.69 Å². The number of nitrogen functional groups attached to an aromatic ring is 1. The first-order valence-corrected chi connectivity index (χ1v) is 7.10. The molecule has 0 aliphatic heterocycles. The molecule has 0 spiro atoms. The lowest BCUT2D eigenvalue weighted by atomic mass is 10.1. The summed E-state index contributed by atoms with van der Waals surface area (Å²) in [6.07, 6.45) is 0. The highest BCUT2D eigenvalue weighted by Crippen LogP contribution is 2.30. The van der Waals surface area contributed by atoms with Crippen LogP contribution in [0.25, 0.3) is 0 Å². The Morgan fingerprint density at radius 3 is 2.44 bits per heavy atom. The van der Waals surface area contributed by atoms with Crippen molar-refractivity contribution in [1.82, 2.24) is 0 Å². The first kappa shape index (κ1) is 13.0. The maximum absolute atomic E-state index is 6.08. The van der Waals surface area contributed by atoms with Crippen LogP contribution < -0.4 is 5.73 Å². The van der Waals surface area contributed by atoms with Crippen molar-refractivity contribution in [1.29, 1.82) is 0 Å². The monoisotopic (exact) mass is 257 g/mol. The minimum Gasteiger partial charge on any atom is -0.398 e. The molecule has 94 valence electrons. The summed E-state index contributed by atoms with van der Waals surface area (Å²) in [6, 6.07) is 12.8. The number of anilines is 1. The van der Waals surface area contributed by atoms with E-state index >= 15 is 0 Å². The number of rotatable bonds is 3. The number of benzene rings is 2. The first-order chi connectivity index (χ1) is 8.58. The Kier molecular flexibility index (Phi) is 3.97. The smallest absolute Gasteiger partial charge is 0.0482 e. The Morgan fingerprint density at radius 1 is 0.944 bits per heavy atom. The lowest BCUT2D eigenvalue weighted by Crippen LogP contribution is -1.92. The molecule has 0 aliphatic carbocycles. The second-order valence-electron chi connectivity index (χ2n) is 4.69. The second-order valence-corrected chi connectivity index (χ2v) is 5.71. The maximum Gasteiger partial charge on any atom is 0.0482 e. The van der Waals surface area contributed by atoms with E-state index in [-0.39, 0.29) is 0 Å². The Labute approximate surface area is 113 Å².